The number of hydrogen-bond donors (Lipinski definition) is 2. The summed E-state index contributed by atoms with van der Waals surface area (Å²) in [4.78, 5) is 25.7. The van der Waals surface area contributed by atoms with Gasteiger partial charge in [-0.15, -0.1) is 0 Å². The van der Waals surface area contributed by atoms with E-state index in [-0.39, 0.29) is 17.6 Å². The normalized spacial score (nSPS) is 10.7. The summed E-state index contributed by atoms with van der Waals surface area (Å²) in [6, 6.07) is 13.6. The minimum absolute atomic E-state index is 0.0166. The predicted octanol–water partition coefficient (Wildman–Crippen LogP) is 2.43. The summed E-state index contributed by atoms with van der Waals surface area (Å²) < 4.78 is 5.00. The minimum atomic E-state index is -0.253. The molecule has 0 aliphatic heterocycles. The van der Waals surface area contributed by atoms with Crippen molar-refractivity contribution in [2.24, 2.45) is 0 Å². The van der Waals surface area contributed by atoms with Crippen molar-refractivity contribution >= 4 is 11.8 Å². The van der Waals surface area contributed by atoms with Crippen LogP contribution in [0.1, 0.15) is 35.4 Å². The molecule has 0 unspecified atom stereocenters. The number of rotatable bonds is 11. The molecular weight excluding hydrogens is 330 g/mol. The Labute approximate surface area is 154 Å². The quantitative estimate of drug-likeness (QED) is 0.606. The number of nitrogens with zero attached hydrogens (tertiary/aromatic N) is 1. The summed E-state index contributed by atoms with van der Waals surface area (Å²) in [6.07, 6.45) is 3.37. The van der Waals surface area contributed by atoms with E-state index in [1.165, 1.54) is 11.8 Å². The van der Waals surface area contributed by atoms with Crippen LogP contribution in [0.4, 0.5) is 0 Å². The second-order valence-electron chi connectivity index (χ2n) is 6.26. The van der Waals surface area contributed by atoms with Crippen LogP contribution in [0, 0.1) is 0 Å². The topological polar surface area (TPSA) is 74.6 Å². The van der Waals surface area contributed by atoms with E-state index in [0.717, 1.165) is 19.5 Å². The molecule has 2 rings (SSSR count). The van der Waals surface area contributed by atoms with Gasteiger partial charge in [0.15, 0.2) is 5.76 Å². The van der Waals surface area contributed by atoms with Crippen molar-refractivity contribution in [1.29, 1.82) is 0 Å². The van der Waals surface area contributed by atoms with Crippen LogP contribution in [0.25, 0.3) is 0 Å². The van der Waals surface area contributed by atoms with Crippen LogP contribution in [-0.2, 0) is 11.3 Å². The highest BCUT2D eigenvalue weighted by Gasteiger charge is 2.07. The fourth-order valence-electron chi connectivity index (χ4n) is 2.59. The average Bonchev–Trinajstić information content (AvgIpc) is 3.18. The first-order valence-corrected chi connectivity index (χ1v) is 8.96. The molecule has 0 spiro atoms. The molecule has 0 saturated carbocycles. The van der Waals surface area contributed by atoms with E-state index < -0.39 is 0 Å². The minimum Gasteiger partial charge on any atom is -0.459 e. The van der Waals surface area contributed by atoms with Crippen molar-refractivity contribution < 1.29 is 14.0 Å². The Hall–Kier alpha value is -2.60. The van der Waals surface area contributed by atoms with Gasteiger partial charge in [0, 0.05) is 26.1 Å². The molecule has 140 valence electrons. The Morgan fingerprint density at radius 1 is 1.00 bits per heavy atom. The molecule has 1 heterocycles. The zero-order valence-electron chi connectivity index (χ0n) is 15.2. The SMILES string of the molecule is CN(CCCNC(=O)CCCNC(=O)c1ccco1)Cc1ccccc1. The van der Waals surface area contributed by atoms with E-state index >= 15 is 0 Å². The molecule has 2 amide bonds. The van der Waals surface area contributed by atoms with Crippen molar-refractivity contribution in [3.63, 3.8) is 0 Å². The lowest BCUT2D eigenvalue weighted by atomic mass is 10.2. The number of furan rings is 1. The second kappa shape index (κ2) is 11.1. The third-order valence-electron chi connectivity index (χ3n) is 3.95. The molecule has 0 radical (unpaired) electrons. The van der Waals surface area contributed by atoms with Gasteiger partial charge in [-0.2, -0.15) is 0 Å². The molecule has 2 aromatic rings. The highest BCUT2D eigenvalue weighted by atomic mass is 16.3. The van der Waals surface area contributed by atoms with Gasteiger partial charge in [0.05, 0.1) is 6.26 Å². The summed E-state index contributed by atoms with van der Waals surface area (Å²) >= 11 is 0. The first-order chi connectivity index (χ1) is 12.6. The number of carbonyl (C=O) groups excluding carboxylic acids is 2. The summed E-state index contributed by atoms with van der Waals surface area (Å²) in [7, 11) is 2.08. The van der Waals surface area contributed by atoms with Crippen molar-refractivity contribution in [2.75, 3.05) is 26.7 Å². The molecule has 0 aliphatic rings. The second-order valence-corrected chi connectivity index (χ2v) is 6.26. The molecule has 0 atom stereocenters. The summed E-state index contributed by atoms with van der Waals surface area (Å²) in [6.45, 7) is 2.95. The molecule has 2 N–H and O–H groups in total. The maximum atomic E-state index is 11.8. The van der Waals surface area contributed by atoms with E-state index in [2.05, 4.69) is 34.7 Å². The third kappa shape index (κ3) is 7.53. The number of benzene rings is 1. The molecule has 1 aromatic carbocycles. The Bertz CT molecular complexity index is 656. The lowest BCUT2D eigenvalue weighted by Crippen LogP contribution is -2.29. The van der Waals surface area contributed by atoms with Gasteiger partial charge < -0.3 is 20.0 Å². The summed E-state index contributed by atoms with van der Waals surface area (Å²) in [5, 5.41) is 5.65. The largest absolute Gasteiger partial charge is 0.459 e. The van der Waals surface area contributed by atoms with Gasteiger partial charge in [0.25, 0.3) is 5.91 Å². The summed E-state index contributed by atoms with van der Waals surface area (Å²) in [5.74, 6) is 0.0499. The van der Waals surface area contributed by atoms with E-state index in [4.69, 9.17) is 4.42 Å². The lowest BCUT2D eigenvalue weighted by molar-refractivity contribution is -0.121. The first kappa shape index (κ1) is 19.7. The van der Waals surface area contributed by atoms with Crippen LogP contribution in [-0.4, -0.2) is 43.4 Å². The number of hydrogen-bond acceptors (Lipinski definition) is 4. The van der Waals surface area contributed by atoms with E-state index in [0.29, 0.717) is 25.9 Å². The zero-order chi connectivity index (χ0) is 18.6. The fraction of sp³-hybridized carbons (Fsp3) is 0.400. The first-order valence-electron chi connectivity index (χ1n) is 8.96. The molecule has 1 aromatic heterocycles. The molecule has 0 aliphatic carbocycles. The summed E-state index contributed by atoms with van der Waals surface area (Å²) in [5.41, 5.74) is 1.29. The van der Waals surface area contributed by atoms with E-state index in [1.807, 2.05) is 18.2 Å². The molecule has 6 nitrogen and oxygen atoms in total. The molecule has 0 fully saturated rings. The van der Waals surface area contributed by atoms with Gasteiger partial charge >= 0.3 is 0 Å². The molecule has 26 heavy (non-hydrogen) atoms. The average molecular weight is 357 g/mol. The van der Waals surface area contributed by atoms with Crippen LogP contribution >= 0.6 is 0 Å². The maximum Gasteiger partial charge on any atom is 0.286 e. The van der Waals surface area contributed by atoms with Crippen LogP contribution in [0.2, 0.25) is 0 Å². The standard InChI is InChI=1S/C20H27N3O3/c1-23(16-17-8-3-2-4-9-17)14-7-13-21-19(24)11-5-12-22-20(25)18-10-6-15-26-18/h2-4,6,8-10,15H,5,7,11-14,16H2,1H3,(H,21,24)(H,22,25). The van der Waals surface area contributed by atoms with Gasteiger partial charge in [0.2, 0.25) is 5.91 Å². The zero-order valence-corrected chi connectivity index (χ0v) is 15.2. The monoisotopic (exact) mass is 357 g/mol. The Kier molecular flexibility index (Phi) is 8.42. The van der Waals surface area contributed by atoms with Crippen molar-refractivity contribution in [1.82, 2.24) is 15.5 Å². The number of nitrogens with one attached hydrogen (secondary N) is 2. The molecule has 6 heteroatoms. The number of amides is 2. The predicted molar refractivity (Wildman–Crippen MR) is 101 cm³/mol. The van der Waals surface area contributed by atoms with Crippen LogP contribution in [0.3, 0.4) is 0 Å². The highest BCUT2D eigenvalue weighted by molar-refractivity contribution is 5.91. The van der Waals surface area contributed by atoms with E-state index in [1.54, 1.807) is 12.1 Å². The van der Waals surface area contributed by atoms with Gasteiger partial charge in [-0.05, 0) is 44.1 Å². The smallest absolute Gasteiger partial charge is 0.286 e. The van der Waals surface area contributed by atoms with Crippen LogP contribution in [0.5, 0.6) is 0 Å². The molecular formula is C20H27N3O3. The Morgan fingerprint density at radius 3 is 2.50 bits per heavy atom. The Balaban J connectivity index is 1.48. The lowest BCUT2D eigenvalue weighted by Gasteiger charge is -2.16. The maximum absolute atomic E-state index is 11.8. The Morgan fingerprint density at radius 2 is 1.77 bits per heavy atom. The van der Waals surface area contributed by atoms with Crippen molar-refractivity contribution in [3.8, 4) is 0 Å². The van der Waals surface area contributed by atoms with Gasteiger partial charge in [-0.3, -0.25) is 9.59 Å². The fourth-order valence-corrected chi connectivity index (χ4v) is 2.59. The third-order valence-corrected chi connectivity index (χ3v) is 3.95. The van der Waals surface area contributed by atoms with Crippen molar-refractivity contribution in [2.45, 2.75) is 25.8 Å². The van der Waals surface area contributed by atoms with Gasteiger partial charge in [-0.25, -0.2) is 0 Å². The van der Waals surface area contributed by atoms with Crippen molar-refractivity contribution in [3.05, 3.63) is 60.1 Å². The number of carbonyl (C=O) groups is 2. The molecule has 0 bridgehead atoms. The highest BCUT2D eigenvalue weighted by Crippen LogP contribution is 2.03. The van der Waals surface area contributed by atoms with E-state index in [9.17, 15) is 9.59 Å². The molecule has 0 saturated heterocycles. The van der Waals surface area contributed by atoms with Crippen LogP contribution < -0.4 is 10.6 Å². The van der Waals surface area contributed by atoms with Gasteiger partial charge in [0.1, 0.15) is 0 Å². The van der Waals surface area contributed by atoms with Crippen LogP contribution in [0.15, 0.2) is 53.1 Å². The van der Waals surface area contributed by atoms with Gasteiger partial charge in [-0.1, -0.05) is 30.3 Å².